The van der Waals surface area contributed by atoms with E-state index < -0.39 is 88.7 Å². The number of hydrogen-bond donors (Lipinski definition) is 12. The quantitative estimate of drug-likeness (QED) is 0.00813. The van der Waals surface area contributed by atoms with Crippen molar-refractivity contribution in [2.45, 2.75) is 72.4 Å². The van der Waals surface area contributed by atoms with E-state index in [9.17, 15) is 96.6 Å². The Morgan fingerprint density at radius 2 is 0.736 bits per heavy atom. The molecule has 6 aromatic carbocycles. The van der Waals surface area contributed by atoms with Gasteiger partial charge in [0.15, 0.2) is 0 Å². The molecule has 62 heteroatoms. The van der Waals surface area contributed by atoms with Crippen LogP contribution in [0.5, 0.6) is 17.2 Å². The van der Waals surface area contributed by atoms with E-state index in [1.807, 2.05) is 0 Å². The number of nitrogens with two attached hydrogens (primary N) is 4. The van der Waals surface area contributed by atoms with Gasteiger partial charge in [-0.3, -0.25) is 22.5 Å². The van der Waals surface area contributed by atoms with Gasteiger partial charge in [-0.25, -0.2) is 49.6 Å². The molecule has 16 N–H and O–H groups in total. The summed E-state index contributed by atoms with van der Waals surface area (Å²) >= 11 is 33.1. The van der Waals surface area contributed by atoms with Crippen LogP contribution in [0.4, 0.5) is 161 Å². The van der Waals surface area contributed by atoms with Crippen molar-refractivity contribution in [3.8, 4) is 17.2 Å². The summed E-state index contributed by atoms with van der Waals surface area (Å²) in [7, 11) is 2.06. The SMILES string of the molecule is C1CCOC1.CC(I)(I)I.CC(I)I.CCO.COc1ccc(OC(F)(F)F)cc1.Fc1ccc(Nc2nc(Cl)nc(Cl)n2)cc1C(F)(F)F.Fc1ccc(Nc2ncnc(N/N=C/c3ccc(OC(F)(F)F)cc3)n2)cc1C(F)(F)F.NN.NNc1nc(Cl)nc(Nc2ccc(F)c(C(F)(F)F)c2)n1.NNc1ncnc(Nc2ccc(F)c(C(F)(F)F)c2)n1.[CH3-].[I][V][I]. The van der Waals surface area contributed by atoms with Gasteiger partial charge in [-0.05, 0) is 195 Å². The number of ether oxygens (including phenoxy) is 4. The standard InChI is InChI=1S/C18H11F7N6O.C10H4Cl2F4N4.C10H7ClF4N6.C10H8F4N6.C8H7F3O2.C4H8O.C2H3I3.C2H4I2.C2H6O.CH3.2HI.H4N2.V/c19-14-6-3-11(7-13(14)17(20,21)22)29-15-26-9-27-16(30-15)31-28-8-10-1-4-12(5-2-10)32-18(23,24)25;11-7-18-8(12)20-9(19-7)17-4-1-2-6(13)5(3-4)10(14,15)16;11-7-18-8(20-9(19-7)21-16)17-4-1-2-6(12)5(3-4)10(13,14)15;11-7-2-1-5(3-6(7)10(12,13)14)18-8-16-4-17-9(19-8)20-15;1-12-6-2-4-7(5-3-6)13-8(9,10)11;1-2-4-5-3-1;1-2(3,4)5;1-2(3)4;1-2-3;;;;1-2;/h1-9H,(H2,26,27,29,30,31);1-3H,(H,17,18,19,20);1-3H,16H2,(H2,17,18,19,20,21);1-4H,15H2,(H2,16,17,18,19,20);2-5H,1H3;1-4H2;1H3;2H,1H3;3H,2H2,1H3;1H3;2*1H;1-2H2;/q;;;;;;;;;-1;;;;+2/p-2/b28-8+;;;;;;;;;;;;;. The summed E-state index contributed by atoms with van der Waals surface area (Å²) in [6.07, 6.45) is -22.8. The van der Waals surface area contributed by atoms with Crippen molar-refractivity contribution in [3.63, 3.8) is 0 Å². The Bertz CT molecular complexity index is 4920. The Morgan fingerprint density at radius 3 is 1.03 bits per heavy atom. The van der Waals surface area contributed by atoms with Gasteiger partial charge in [0.05, 0.1) is 37.5 Å². The average molecular weight is 2750 g/mol. The van der Waals surface area contributed by atoms with Crippen molar-refractivity contribution < 1.29 is 130 Å². The summed E-state index contributed by atoms with van der Waals surface area (Å²) in [4.78, 5) is 44.2. The molecule has 0 radical (unpaired) electrons. The molecule has 4 aromatic heterocycles. The summed E-state index contributed by atoms with van der Waals surface area (Å²) in [5.41, 5.74) is 1.19. The van der Waals surface area contributed by atoms with Crippen LogP contribution in [0, 0.1) is 30.7 Å². The molecule has 11 rings (SSSR count). The second-order valence-electron chi connectivity index (χ2n) is 22.0. The summed E-state index contributed by atoms with van der Waals surface area (Å²) < 4.78 is 294. The van der Waals surface area contributed by atoms with Gasteiger partial charge < -0.3 is 52.7 Å². The summed E-state index contributed by atoms with van der Waals surface area (Å²) in [6, 6.07) is 19.4. The molecule has 10 aromatic rings. The number of nitrogen functional groups attached to an aromatic ring is 2. The Labute approximate surface area is 830 Å². The van der Waals surface area contributed by atoms with E-state index in [-0.39, 0.29) is 100 Å². The van der Waals surface area contributed by atoms with Gasteiger partial charge in [-0.2, -0.15) is 103 Å². The van der Waals surface area contributed by atoms with Crippen LogP contribution < -0.4 is 75.1 Å². The minimum atomic E-state index is -4.88. The summed E-state index contributed by atoms with van der Waals surface area (Å²) in [5.74, 6) is 11.8. The molecule has 0 atom stereocenters. The maximum atomic E-state index is 13.4. The number of methoxy groups -OCH3 is 1. The van der Waals surface area contributed by atoms with Crippen LogP contribution in [0.15, 0.2) is 139 Å². The van der Waals surface area contributed by atoms with Crippen molar-refractivity contribution in [3.05, 3.63) is 208 Å². The predicted molar refractivity (Wildman–Crippen MR) is 496 cm³/mol. The van der Waals surface area contributed by atoms with Gasteiger partial charge in [0.25, 0.3) is 0 Å². The molecule has 1 fully saturated rings. The summed E-state index contributed by atoms with van der Waals surface area (Å²) in [6.45, 7) is 8.22. The zero-order chi connectivity index (χ0) is 97.6. The summed E-state index contributed by atoms with van der Waals surface area (Å²) in [5, 5.41) is 20.6. The number of nitrogens with one attached hydrogen (secondary N) is 7. The van der Waals surface area contributed by atoms with E-state index in [1.54, 1.807) is 6.92 Å². The van der Waals surface area contributed by atoms with Crippen LogP contribution in [-0.4, -0.2) is 112 Å². The predicted octanol–water partition coefficient (Wildman–Crippen LogP) is 23.6. The van der Waals surface area contributed by atoms with Crippen LogP contribution >= 0.6 is 188 Å². The number of aliphatic hydroxyl groups excluding tert-OH is 1. The Hall–Kier alpha value is -6.19. The fraction of sp³-hybridized carbons (Fsp3) is 0.254. The first-order chi connectivity index (χ1) is 59.5. The van der Waals surface area contributed by atoms with Gasteiger partial charge in [0, 0.05) is 42.6 Å². The number of hydrazine groups is 3. The van der Waals surface area contributed by atoms with Gasteiger partial charge >= 0.3 is 86.9 Å². The Morgan fingerprint density at radius 1 is 0.473 bits per heavy atom. The zero-order valence-corrected chi connectivity index (χ0v) is 83.9. The van der Waals surface area contributed by atoms with Crippen molar-refractivity contribution in [1.29, 1.82) is 0 Å². The molecule has 1 aliphatic rings. The minimum absolute atomic E-state index is 0. The van der Waals surface area contributed by atoms with E-state index in [0.717, 1.165) is 64.2 Å². The topological polar surface area (TPSA) is 412 Å². The van der Waals surface area contributed by atoms with Crippen LogP contribution in [0.25, 0.3) is 0 Å². The molecule has 1 aliphatic heterocycles. The third kappa shape index (κ3) is 55.9. The number of rotatable bonds is 16. The van der Waals surface area contributed by atoms with Crippen LogP contribution in [0.3, 0.4) is 0 Å². The molecule has 0 amide bonds. The molecular formula is C67H65Cl3F22I7N24O5V-. The number of alkyl halides is 23. The van der Waals surface area contributed by atoms with Crippen LogP contribution in [0.2, 0.25) is 15.9 Å². The Kier molecular flexibility index (Phi) is 58.7. The zero-order valence-electron chi connectivity index (χ0n) is 65.1. The van der Waals surface area contributed by atoms with Crippen molar-refractivity contribution >= 4 is 258 Å². The molecule has 0 spiro atoms. The number of aromatic nitrogens is 12. The van der Waals surface area contributed by atoms with E-state index in [0.29, 0.717) is 68.7 Å². The van der Waals surface area contributed by atoms with E-state index in [2.05, 4.69) is 290 Å². The molecule has 5 heterocycles. The maximum absolute atomic E-state index is 13.4. The molecule has 0 bridgehead atoms. The van der Waals surface area contributed by atoms with Crippen LogP contribution in [-0.2, 0) is 38.9 Å². The number of benzene rings is 6. The van der Waals surface area contributed by atoms with Crippen LogP contribution in [0.1, 0.15) is 61.4 Å². The third-order valence-electron chi connectivity index (χ3n) is 12.3. The Balaban J connectivity index is 0.00000152. The third-order valence-corrected chi connectivity index (χ3v) is 12.8. The number of hydrogen-bond acceptors (Lipinski definition) is 29. The first-order valence-corrected chi connectivity index (χ1v) is 49.1. The molecule has 0 saturated carbocycles. The van der Waals surface area contributed by atoms with Gasteiger partial charge in [0.1, 0.15) is 52.6 Å². The van der Waals surface area contributed by atoms with Gasteiger partial charge in [-0.15, -0.1) is 26.3 Å². The van der Waals surface area contributed by atoms with E-state index in [4.69, 9.17) is 61.1 Å². The van der Waals surface area contributed by atoms with Gasteiger partial charge in [-0.1, -0.05) is 113 Å². The number of hydrazone groups is 1. The number of aliphatic hydroxyl groups is 1. The second kappa shape index (κ2) is 61.7. The van der Waals surface area contributed by atoms with E-state index >= 15 is 0 Å². The molecule has 713 valence electrons. The fourth-order valence-corrected chi connectivity index (χ4v) is 8.22. The second-order valence-corrected chi connectivity index (χ2v) is 53.6. The van der Waals surface area contributed by atoms with Crippen molar-refractivity contribution in [2.24, 2.45) is 28.5 Å². The number of nitrogens with zero attached hydrogens (tertiary/aromatic N) is 13. The average Bonchev–Trinajstić information content (AvgIpc) is 0.923. The van der Waals surface area contributed by atoms with Gasteiger partial charge in [0.2, 0.25) is 57.5 Å². The number of anilines is 11. The molecule has 0 unspecified atom stereocenters. The molecule has 1 saturated heterocycles. The first kappa shape index (κ1) is 123. The molecular weight excluding hydrogens is 2680 g/mol. The monoisotopic (exact) mass is 2750 g/mol. The first-order valence-electron chi connectivity index (χ1n) is 33.2. The number of halogens is 32. The van der Waals surface area contributed by atoms with Crippen molar-refractivity contribution in [2.75, 3.05) is 64.5 Å². The van der Waals surface area contributed by atoms with E-state index in [1.165, 1.54) is 62.6 Å². The fourth-order valence-electron chi connectivity index (χ4n) is 7.69. The molecule has 29 nitrogen and oxygen atoms in total. The van der Waals surface area contributed by atoms with Crippen molar-refractivity contribution in [1.82, 2.24) is 59.8 Å². The molecule has 129 heavy (non-hydrogen) atoms. The normalized spacial score (nSPS) is 11.5. The molecule has 0 aliphatic carbocycles.